The lowest BCUT2D eigenvalue weighted by Gasteiger charge is -2.25. The van der Waals surface area contributed by atoms with Gasteiger partial charge in [0.2, 0.25) is 0 Å². The number of aliphatic hydroxyl groups is 1. The summed E-state index contributed by atoms with van der Waals surface area (Å²) in [6, 6.07) is 11.7. The molecule has 27 heavy (non-hydrogen) atoms. The Balaban J connectivity index is 1.98. The molecule has 0 unspecified atom stereocenters. The molecule has 0 amide bonds. The summed E-state index contributed by atoms with van der Waals surface area (Å²) in [5.74, 6) is 0. The lowest BCUT2D eigenvalue weighted by Crippen LogP contribution is -2.31. The van der Waals surface area contributed by atoms with Gasteiger partial charge in [0.15, 0.2) is 0 Å². The van der Waals surface area contributed by atoms with Crippen LogP contribution in [0, 0.1) is 0 Å². The van der Waals surface area contributed by atoms with E-state index < -0.39 is 5.60 Å². The number of benzene rings is 1. The summed E-state index contributed by atoms with van der Waals surface area (Å²) in [7, 11) is 0. The Bertz CT molecular complexity index is 1120. The molecule has 138 valence electrons. The largest absolute Gasteiger partial charge is 0.463 e. The fraction of sp³-hybridized carbons (Fsp3) is 0.286. The van der Waals surface area contributed by atoms with Gasteiger partial charge in [0.05, 0.1) is 34.6 Å². The van der Waals surface area contributed by atoms with E-state index >= 15 is 0 Å². The number of nitrogens with zero attached hydrogens (tertiary/aromatic N) is 2. The van der Waals surface area contributed by atoms with E-state index in [1.54, 1.807) is 11.5 Å². The molecule has 3 heterocycles. The van der Waals surface area contributed by atoms with E-state index in [1.165, 1.54) is 0 Å². The van der Waals surface area contributed by atoms with Gasteiger partial charge < -0.3 is 14.4 Å². The van der Waals surface area contributed by atoms with Crippen molar-refractivity contribution < 1.29 is 14.6 Å². The number of pyridine rings is 2. The minimum absolute atomic E-state index is 0.167. The normalized spacial score (nSPS) is 14.5. The second-order valence-corrected chi connectivity index (χ2v) is 7.04. The lowest BCUT2D eigenvalue weighted by atomic mass is 9.89. The van der Waals surface area contributed by atoms with Crippen LogP contribution in [0.15, 0.2) is 41.2 Å². The molecule has 1 aliphatic heterocycles. The second-order valence-electron chi connectivity index (χ2n) is 7.04. The van der Waals surface area contributed by atoms with Crippen LogP contribution in [-0.4, -0.2) is 21.1 Å². The number of carbonyl (C=O) groups excluding carboxylic acids is 1. The number of aromatic nitrogens is 2. The van der Waals surface area contributed by atoms with Crippen LogP contribution in [0.3, 0.4) is 0 Å². The molecule has 0 saturated heterocycles. The highest BCUT2D eigenvalue weighted by Gasteiger charge is 2.31. The van der Waals surface area contributed by atoms with Gasteiger partial charge in [-0.3, -0.25) is 9.59 Å². The number of carbonyl (C=O) groups is 1. The maximum absolute atomic E-state index is 13.1. The Morgan fingerprint density at radius 3 is 2.85 bits per heavy atom. The van der Waals surface area contributed by atoms with Crippen molar-refractivity contribution in [2.75, 3.05) is 0 Å². The summed E-state index contributed by atoms with van der Waals surface area (Å²) in [5, 5.41) is 11.9. The standard InChI is InChI=1S/C21H20N2O4/c1-3-21(2,26)16-9-18-19-14(8-13-6-4-5-7-17(13)22-19)10-23(18)20(25)15(16)11-27-12-24/h4-9,12,26H,3,10-11H2,1-2H3/t21-/m0/s1. The van der Waals surface area contributed by atoms with E-state index in [0.717, 1.165) is 22.2 Å². The third-order valence-electron chi connectivity index (χ3n) is 5.34. The number of para-hydroxylation sites is 1. The van der Waals surface area contributed by atoms with E-state index in [9.17, 15) is 14.7 Å². The molecule has 1 aliphatic rings. The van der Waals surface area contributed by atoms with Crippen molar-refractivity contribution in [3.8, 4) is 11.4 Å². The molecule has 3 aromatic rings. The van der Waals surface area contributed by atoms with E-state index in [1.807, 2.05) is 43.3 Å². The number of fused-ring (bicyclic) bond motifs is 4. The zero-order chi connectivity index (χ0) is 19.2. The molecule has 6 nitrogen and oxygen atoms in total. The van der Waals surface area contributed by atoms with Gasteiger partial charge >= 0.3 is 0 Å². The van der Waals surface area contributed by atoms with Crippen molar-refractivity contribution >= 4 is 17.4 Å². The Morgan fingerprint density at radius 1 is 1.33 bits per heavy atom. The first-order valence-electron chi connectivity index (χ1n) is 8.90. The zero-order valence-electron chi connectivity index (χ0n) is 15.2. The molecule has 0 aliphatic carbocycles. The monoisotopic (exact) mass is 364 g/mol. The second kappa shape index (κ2) is 6.32. The van der Waals surface area contributed by atoms with Crippen LogP contribution in [0.1, 0.15) is 37.0 Å². The van der Waals surface area contributed by atoms with Crippen molar-refractivity contribution in [1.82, 2.24) is 9.55 Å². The molecule has 0 radical (unpaired) electrons. The van der Waals surface area contributed by atoms with Gasteiger partial charge in [-0.1, -0.05) is 25.1 Å². The van der Waals surface area contributed by atoms with E-state index in [-0.39, 0.29) is 12.2 Å². The van der Waals surface area contributed by atoms with Crippen LogP contribution in [-0.2, 0) is 28.3 Å². The predicted octanol–water partition coefficient (Wildman–Crippen LogP) is 2.72. The number of rotatable bonds is 5. The SMILES string of the molecule is CC[C@](C)(O)c1cc2n(c(=O)c1COC=O)Cc1cc3ccccc3nc1-2. The average molecular weight is 364 g/mol. The predicted molar refractivity (Wildman–Crippen MR) is 101 cm³/mol. The maximum atomic E-state index is 13.1. The van der Waals surface area contributed by atoms with Gasteiger partial charge in [0.1, 0.15) is 6.61 Å². The first-order valence-corrected chi connectivity index (χ1v) is 8.90. The van der Waals surface area contributed by atoms with Gasteiger partial charge in [0.25, 0.3) is 12.0 Å². The Labute approximate surface area is 156 Å². The zero-order valence-corrected chi connectivity index (χ0v) is 15.2. The van der Waals surface area contributed by atoms with Crippen molar-refractivity contribution in [2.45, 2.75) is 39.0 Å². The molecular formula is C21H20N2O4. The third-order valence-corrected chi connectivity index (χ3v) is 5.34. The van der Waals surface area contributed by atoms with Crippen molar-refractivity contribution in [1.29, 1.82) is 0 Å². The quantitative estimate of drug-likeness (QED) is 0.551. The Morgan fingerprint density at radius 2 is 2.11 bits per heavy atom. The highest BCUT2D eigenvalue weighted by atomic mass is 16.5. The van der Waals surface area contributed by atoms with Crippen LogP contribution in [0.5, 0.6) is 0 Å². The van der Waals surface area contributed by atoms with Gasteiger partial charge in [0, 0.05) is 10.9 Å². The van der Waals surface area contributed by atoms with Gasteiger partial charge in [-0.05, 0) is 37.1 Å². The fourth-order valence-electron chi connectivity index (χ4n) is 3.64. The molecule has 0 fully saturated rings. The Hall–Kier alpha value is -2.99. The van der Waals surface area contributed by atoms with Crippen molar-refractivity contribution in [3.05, 3.63) is 63.4 Å². The number of hydrogen-bond acceptors (Lipinski definition) is 5. The van der Waals surface area contributed by atoms with Crippen molar-refractivity contribution in [2.24, 2.45) is 0 Å². The van der Waals surface area contributed by atoms with Crippen LogP contribution in [0.4, 0.5) is 0 Å². The summed E-state index contributed by atoms with van der Waals surface area (Å²) in [6.45, 7) is 4.05. The fourth-order valence-corrected chi connectivity index (χ4v) is 3.64. The molecule has 0 saturated carbocycles. The Kier molecular flexibility index (Phi) is 4.08. The van der Waals surface area contributed by atoms with E-state index in [2.05, 4.69) is 0 Å². The van der Waals surface area contributed by atoms with Gasteiger partial charge in [-0.15, -0.1) is 0 Å². The molecular weight excluding hydrogens is 344 g/mol. The third kappa shape index (κ3) is 2.73. The molecule has 1 N–H and O–H groups in total. The topological polar surface area (TPSA) is 81.4 Å². The smallest absolute Gasteiger partial charge is 0.293 e. The summed E-state index contributed by atoms with van der Waals surface area (Å²) >= 11 is 0. The number of ether oxygens (including phenoxy) is 1. The molecule has 6 heteroatoms. The number of hydrogen-bond donors (Lipinski definition) is 1. The van der Waals surface area contributed by atoms with Crippen LogP contribution >= 0.6 is 0 Å². The molecule has 1 atom stereocenters. The minimum atomic E-state index is -1.21. The summed E-state index contributed by atoms with van der Waals surface area (Å²) in [5.41, 5.74) is 2.55. The van der Waals surface area contributed by atoms with E-state index in [0.29, 0.717) is 36.3 Å². The van der Waals surface area contributed by atoms with E-state index in [4.69, 9.17) is 9.72 Å². The molecule has 4 rings (SSSR count). The summed E-state index contributed by atoms with van der Waals surface area (Å²) in [6.07, 6.45) is 0.419. The molecule has 0 spiro atoms. The van der Waals surface area contributed by atoms with Crippen LogP contribution < -0.4 is 5.56 Å². The minimum Gasteiger partial charge on any atom is -0.463 e. The molecule has 0 bridgehead atoms. The first-order chi connectivity index (χ1) is 13.0. The maximum Gasteiger partial charge on any atom is 0.293 e. The molecule has 1 aromatic carbocycles. The highest BCUT2D eigenvalue weighted by molar-refractivity contribution is 5.84. The highest BCUT2D eigenvalue weighted by Crippen LogP contribution is 2.35. The average Bonchev–Trinajstić information content (AvgIpc) is 3.03. The molecule has 2 aromatic heterocycles. The van der Waals surface area contributed by atoms with Crippen LogP contribution in [0.2, 0.25) is 0 Å². The summed E-state index contributed by atoms with van der Waals surface area (Å²) in [4.78, 5) is 28.6. The van der Waals surface area contributed by atoms with Gasteiger partial charge in [-0.2, -0.15) is 0 Å². The van der Waals surface area contributed by atoms with Crippen LogP contribution in [0.25, 0.3) is 22.3 Å². The van der Waals surface area contributed by atoms with Gasteiger partial charge in [-0.25, -0.2) is 4.98 Å². The van der Waals surface area contributed by atoms with Crippen molar-refractivity contribution in [3.63, 3.8) is 0 Å². The summed E-state index contributed by atoms with van der Waals surface area (Å²) < 4.78 is 6.49. The lowest BCUT2D eigenvalue weighted by molar-refractivity contribution is -0.129. The first kappa shape index (κ1) is 17.4.